The van der Waals surface area contributed by atoms with Crippen molar-refractivity contribution in [3.63, 3.8) is 0 Å². The molecule has 1 aliphatic rings. The lowest BCUT2D eigenvalue weighted by atomic mass is 10.1. The van der Waals surface area contributed by atoms with Crippen molar-refractivity contribution in [1.82, 2.24) is 14.5 Å². The van der Waals surface area contributed by atoms with Crippen molar-refractivity contribution in [3.8, 4) is 0 Å². The van der Waals surface area contributed by atoms with E-state index in [2.05, 4.69) is 17.1 Å². The van der Waals surface area contributed by atoms with Crippen LogP contribution in [-0.4, -0.2) is 35.5 Å². The van der Waals surface area contributed by atoms with E-state index in [0.717, 1.165) is 6.42 Å². The second-order valence-electron chi connectivity index (χ2n) is 4.62. The third-order valence-electron chi connectivity index (χ3n) is 3.10. The summed E-state index contributed by atoms with van der Waals surface area (Å²) < 4.78 is 26.3. The number of nitrogens with zero attached hydrogens (tertiary/aromatic N) is 2. The van der Waals surface area contributed by atoms with E-state index in [-0.39, 0.29) is 6.04 Å². The van der Waals surface area contributed by atoms with Gasteiger partial charge in [0, 0.05) is 12.6 Å². The average molecular weight is 243 g/mol. The molecule has 0 aromatic carbocycles. The predicted molar refractivity (Wildman–Crippen MR) is 60.5 cm³/mol. The zero-order valence-corrected chi connectivity index (χ0v) is 10.6. The van der Waals surface area contributed by atoms with Gasteiger partial charge in [-0.15, -0.1) is 0 Å². The molecule has 1 aliphatic heterocycles. The Morgan fingerprint density at radius 1 is 1.50 bits per heavy atom. The molecule has 2 unspecified atom stereocenters. The molecule has 1 saturated heterocycles. The fourth-order valence-corrected chi connectivity index (χ4v) is 4.20. The van der Waals surface area contributed by atoms with Crippen molar-refractivity contribution < 1.29 is 8.42 Å². The van der Waals surface area contributed by atoms with E-state index in [0.29, 0.717) is 23.1 Å². The summed E-state index contributed by atoms with van der Waals surface area (Å²) in [6, 6.07) is 0.0781. The van der Waals surface area contributed by atoms with Gasteiger partial charge in [-0.05, 0) is 26.2 Å². The van der Waals surface area contributed by atoms with Crippen LogP contribution < -0.4 is 0 Å². The number of aryl methyl sites for hydroxylation is 1. The molecule has 16 heavy (non-hydrogen) atoms. The van der Waals surface area contributed by atoms with Crippen LogP contribution in [0.1, 0.15) is 26.0 Å². The molecule has 0 bridgehead atoms. The maximum Gasteiger partial charge on any atom is 0.246 e. The molecule has 2 heterocycles. The molecule has 1 N–H and O–H groups in total. The summed E-state index contributed by atoms with van der Waals surface area (Å²) in [7, 11) is -3.37. The van der Waals surface area contributed by atoms with Crippen LogP contribution in [0.4, 0.5) is 0 Å². The zero-order chi connectivity index (χ0) is 11.9. The average Bonchev–Trinajstić information content (AvgIpc) is 2.72. The van der Waals surface area contributed by atoms with Crippen LogP contribution in [0, 0.1) is 12.8 Å². The smallest absolute Gasteiger partial charge is 0.246 e. The summed E-state index contributed by atoms with van der Waals surface area (Å²) in [6.07, 6.45) is 2.32. The third kappa shape index (κ3) is 1.76. The predicted octanol–water partition coefficient (Wildman–Crippen LogP) is 1.14. The van der Waals surface area contributed by atoms with Crippen molar-refractivity contribution in [2.24, 2.45) is 5.92 Å². The summed E-state index contributed by atoms with van der Waals surface area (Å²) in [5.41, 5.74) is 0.603. The monoisotopic (exact) mass is 243 g/mol. The van der Waals surface area contributed by atoms with Gasteiger partial charge >= 0.3 is 0 Å². The molecule has 0 spiro atoms. The summed E-state index contributed by atoms with van der Waals surface area (Å²) in [5.74, 6) is 0.428. The van der Waals surface area contributed by atoms with E-state index < -0.39 is 10.0 Å². The molecule has 0 radical (unpaired) electrons. The Balaban J connectivity index is 2.37. The first-order chi connectivity index (χ1) is 7.43. The van der Waals surface area contributed by atoms with Gasteiger partial charge < -0.3 is 0 Å². The van der Waals surface area contributed by atoms with Crippen molar-refractivity contribution in [3.05, 3.63) is 11.9 Å². The van der Waals surface area contributed by atoms with Gasteiger partial charge in [0.15, 0.2) is 0 Å². The van der Waals surface area contributed by atoms with Crippen molar-refractivity contribution in [2.75, 3.05) is 6.54 Å². The maximum atomic E-state index is 12.3. The Labute approximate surface area is 95.9 Å². The highest BCUT2D eigenvalue weighted by atomic mass is 32.2. The Morgan fingerprint density at radius 3 is 2.62 bits per heavy atom. The maximum absolute atomic E-state index is 12.3. The van der Waals surface area contributed by atoms with Crippen LogP contribution >= 0.6 is 0 Å². The molecule has 1 fully saturated rings. The van der Waals surface area contributed by atoms with E-state index in [1.807, 2.05) is 6.92 Å². The minimum atomic E-state index is -3.37. The molecule has 0 saturated carbocycles. The highest BCUT2D eigenvalue weighted by Gasteiger charge is 2.37. The number of nitrogens with one attached hydrogen (secondary N) is 1. The van der Waals surface area contributed by atoms with E-state index in [4.69, 9.17) is 0 Å². The quantitative estimate of drug-likeness (QED) is 0.847. The summed E-state index contributed by atoms with van der Waals surface area (Å²) >= 11 is 0. The Morgan fingerprint density at radius 2 is 2.19 bits per heavy atom. The zero-order valence-electron chi connectivity index (χ0n) is 9.77. The van der Waals surface area contributed by atoms with Gasteiger partial charge in [-0.25, -0.2) is 8.42 Å². The number of H-pyrrole nitrogens is 1. The molecule has 2 rings (SSSR count). The van der Waals surface area contributed by atoms with E-state index in [1.54, 1.807) is 11.2 Å². The number of aromatic amines is 1. The molecular formula is C10H17N3O2S. The third-order valence-corrected chi connectivity index (χ3v) is 5.19. The van der Waals surface area contributed by atoms with Crippen LogP contribution in [0.15, 0.2) is 11.1 Å². The second-order valence-corrected chi connectivity index (χ2v) is 6.48. The molecule has 1 aromatic rings. The highest BCUT2D eigenvalue weighted by Crippen LogP contribution is 2.29. The standard InChI is InChI=1S/C10H17N3O2S/c1-7-4-8(2)13(6-7)16(14,15)10-5-11-12-9(10)3/h5,7-8H,4,6H2,1-3H3,(H,11,12). The SMILES string of the molecule is Cc1[nH]ncc1S(=O)(=O)N1CC(C)CC1C. The number of hydrogen-bond donors (Lipinski definition) is 1. The fourth-order valence-electron chi connectivity index (χ4n) is 2.32. The Kier molecular flexibility index (Phi) is 2.79. The van der Waals surface area contributed by atoms with Crippen LogP contribution in [0.5, 0.6) is 0 Å². The number of sulfonamides is 1. The molecule has 90 valence electrons. The topological polar surface area (TPSA) is 66.1 Å². The number of rotatable bonds is 2. The first-order valence-corrected chi connectivity index (χ1v) is 6.88. The lowest BCUT2D eigenvalue weighted by molar-refractivity contribution is 0.405. The molecule has 0 aliphatic carbocycles. The molecule has 1 aromatic heterocycles. The van der Waals surface area contributed by atoms with Gasteiger partial charge in [0.25, 0.3) is 0 Å². The van der Waals surface area contributed by atoms with Crippen LogP contribution in [0.25, 0.3) is 0 Å². The number of aromatic nitrogens is 2. The first kappa shape index (κ1) is 11.6. The lowest BCUT2D eigenvalue weighted by Gasteiger charge is -2.20. The van der Waals surface area contributed by atoms with Crippen molar-refractivity contribution in [1.29, 1.82) is 0 Å². The van der Waals surface area contributed by atoms with Crippen LogP contribution in [-0.2, 0) is 10.0 Å². The van der Waals surface area contributed by atoms with E-state index >= 15 is 0 Å². The van der Waals surface area contributed by atoms with Gasteiger partial charge in [0.1, 0.15) is 4.90 Å². The molecule has 5 nitrogen and oxygen atoms in total. The van der Waals surface area contributed by atoms with Gasteiger partial charge in [-0.3, -0.25) is 5.10 Å². The largest absolute Gasteiger partial charge is 0.281 e. The summed E-state index contributed by atoms with van der Waals surface area (Å²) in [5, 5.41) is 6.44. The van der Waals surface area contributed by atoms with Crippen LogP contribution in [0.3, 0.4) is 0 Å². The van der Waals surface area contributed by atoms with Crippen molar-refractivity contribution >= 4 is 10.0 Å². The van der Waals surface area contributed by atoms with Gasteiger partial charge in [0.05, 0.1) is 11.9 Å². The molecule has 6 heteroatoms. The molecule has 0 amide bonds. The van der Waals surface area contributed by atoms with Crippen molar-refractivity contribution in [2.45, 2.75) is 38.1 Å². The van der Waals surface area contributed by atoms with E-state index in [9.17, 15) is 8.42 Å². The van der Waals surface area contributed by atoms with Crippen LogP contribution in [0.2, 0.25) is 0 Å². The first-order valence-electron chi connectivity index (χ1n) is 5.44. The minimum Gasteiger partial charge on any atom is -0.281 e. The summed E-state index contributed by atoms with van der Waals surface area (Å²) in [6.45, 7) is 6.36. The lowest BCUT2D eigenvalue weighted by Crippen LogP contribution is -2.34. The second kappa shape index (κ2) is 3.85. The van der Waals surface area contributed by atoms with Gasteiger partial charge in [0.2, 0.25) is 10.0 Å². The minimum absolute atomic E-state index is 0.0781. The molecular weight excluding hydrogens is 226 g/mol. The van der Waals surface area contributed by atoms with Gasteiger partial charge in [-0.2, -0.15) is 9.40 Å². The Hall–Kier alpha value is -0.880. The molecule has 2 atom stereocenters. The summed E-state index contributed by atoms with van der Waals surface area (Å²) in [4.78, 5) is 0.299. The number of hydrogen-bond acceptors (Lipinski definition) is 3. The highest BCUT2D eigenvalue weighted by molar-refractivity contribution is 7.89. The fraction of sp³-hybridized carbons (Fsp3) is 0.700. The van der Waals surface area contributed by atoms with Gasteiger partial charge in [-0.1, -0.05) is 6.92 Å². The Bertz CT molecular complexity index is 480. The van der Waals surface area contributed by atoms with E-state index in [1.165, 1.54) is 6.20 Å². The normalized spacial score (nSPS) is 27.4.